The van der Waals surface area contributed by atoms with Crippen molar-refractivity contribution in [2.45, 2.75) is 52.0 Å². The number of aromatic nitrogens is 2. The zero-order valence-electron chi connectivity index (χ0n) is 11.7. The van der Waals surface area contributed by atoms with E-state index in [0.29, 0.717) is 18.5 Å². The van der Waals surface area contributed by atoms with Crippen LogP contribution < -0.4 is 10.6 Å². The molecule has 4 heteroatoms. The molecule has 1 aromatic heterocycles. The Morgan fingerprint density at radius 2 is 2.17 bits per heavy atom. The first-order valence-corrected chi connectivity index (χ1v) is 6.94. The highest BCUT2D eigenvalue weighted by atomic mass is 15.2. The monoisotopic (exact) mass is 248 g/mol. The smallest absolute Gasteiger partial charge is 0.133 e. The summed E-state index contributed by atoms with van der Waals surface area (Å²) in [6.45, 7) is 8.08. The van der Waals surface area contributed by atoms with Gasteiger partial charge in [-0.15, -0.1) is 0 Å². The second-order valence-electron chi connectivity index (χ2n) is 5.46. The predicted octanol–water partition coefficient (Wildman–Crippen LogP) is 2.23. The van der Waals surface area contributed by atoms with Gasteiger partial charge in [-0.2, -0.15) is 0 Å². The highest BCUT2D eigenvalue weighted by molar-refractivity contribution is 5.42. The van der Waals surface area contributed by atoms with Crippen molar-refractivity contribution in [2.24, 2.45) is 5.73 Å². The lowest BCUT2D eigenvalue weighted by Crippen LogP contribution is -2.44. The van der Waals surface area contributed by atoms with Gasteiger partial charge >= 0.3 is 0 Å². The molecule has 0 amide bonds. The molecular weight excluding hydrogens is 224 g/mol. The Morgan fingerprint density at radius 1 is 1.39 bits per heavy atom. The third-order valence-electron chi connectivity index (χ3n) is 3.57. The van der Waals surface area contributed by atoms with Crippen molar-refractivity contribution in [3.8, 4) is 0 Å². The van der Waals surface area contributed by atoms with Crippen LogP contribution in [-0.4, -0.2) is 29.1 Å². The number of piperidine rings is 1. The van der Waals surface area contributed by atoms with Gasteiger partial charge < -0.3 is 10.6 Å². The molecule has 0 bridgehead atoms. The van der Waals surface area contributed by atoms with E-state index < -0.39 is 0 Å². The lowest BCUT2D eigenvalue weighted by molar-refractivity contribution is 0.461. The van der Waals surface area contributed by atoms with E-state index in [2.05, 4.69) is 29.8 Å². The summed E-state index contributed by atoms with van der Waals surface area (Å²) in [5.74, 6) is 2.36. The zero-order chi connectivity index (χ0) is 13.1. The Morgan fingerprint density at radius 3 is 2.83 bits per heavy atom. The van der Waals surface area contributed by atoms with Crippen LogP contribution in [0.2, 0.25) is 0 Å². The molecule has 2 rings (SSSR count). The van der Waals surface area contributed by atoms with Crippen LogP contribution >= 0.6 is 0 Å². The van der Waals surface area contributed by atoms with E-state index in [1.807, 2.05) is 6.92 Å². The van der Waals surface area contributed by atoms with Crippen LogP contribution in [0.15, 0.2) is 6.07 Å². The van der Waals surface area contributed by atoms with Crippen molar-refractivity contribution in [1.29, 1.82) is 0 Å². The van der Waals surface area contributed by atoms with E-state index in [1.54, 1.807) is 0 Å². The maximum atomic E-state index is 5.88. The molecular formula is C14H24N4. The summed E-state index contributed by atoms with van der Waals surface area (Å²) >= 11 is 0. The molecule has 0 aliphatic carbocycles. The third kappa shape index (κ3) is 2.80. The molecule has 0 saturated carbocycles. The van der Waals surface area contributed by atoms with Crippen molar-refractivity contribution < 1.29 is 0 Å². The van der Waals surface area contributed by atoms with E-state index in [-0.39, 0.29) is 0 Å². The highest BCUT2D eigenvalue weighted by Crippen LogP contribution is 2.24. The van der Waals surface area contributed by atoms with Gasteiger partial charge in [0.05, 0.1) is 0 Å². The summed E-state index contributed by atoms with van der Waals surface area (Å²) in [4.78, 5) is 11.6. The van der Waals surface area contributed by atoms with Gasteiger partial charge in [-0.1, -0.05) is 13.8 Å². The van der Waals surface area contributed by atoms with Gasteiger partial charge in [-0.25, -0.2) is 9.97 Å². The fourth-order valence-corrected chi connectivity index (χ4v) is 2.53. The van der Waals surface area contributed by atoms with Gasteiger partial charge in [0.25, 0.3) is 0 Å². The molecule has 4 nitrogen and oxygen atoms in total. The molecule has 1 fully saturated rings. The van der Waals surface area contributed by atoms with Gasteiger partial charge in [0, 0.05) is 36.8 Å². The summed E-state index contributed by atoms with van der Waals surface area (Å²) in [6.07, 6.45) is 3.69. The van der Waals surface area contributed by atoms with Crippen molar-refractivity contribution in [3.63, 3.8) is 0 Å². The first kappa shape index (κ1) is 13.3. The summed E-state index contributed by atoms with van der Waals surface area (Å²) in [6, 6.07) is 2.52. The quantitative estimate of drug-likeness (QED) is 0.891. The molecule has 2 heterocycles. The second kappa shape index (κ2) is 5.65. The number of hydrogen-bond donors (Lipinski definition) is 1. The third-order valence-corrected chi connectivity index (χ3v) is 3.57. The van der Waals surface area contributed by atoms with Crippen molar-refractivity contribution in [1.82, 2.24) is 9.97 Å². The summed E-state index contributed by atoms with van der Waals surface area (Å²) < 4.78 is 0. The minimum atomic E-state index is 0.366. The maximum Gasteiger partial charge on any atom is 0.133 e. The first-order valence-electron chi connectivity index (χ1n) is 6.94. The molecule has 100 valence electrons. The fourth-order valence-electron chi connectivity index (χ4n) is 2.53. The minimum Gasteiger partial charge on any atom is -0.352 e. The first-order chi connectivity index (χ1) is 8.61. The van der Waals surface area contributed by atoms with E-state index in [1.165, 1.54) is 19.3 Å². The van der Waals surface area contributed by atoms with E-state index >= 15 is 0 Å². The summed E-state index contributed by atoms with van der Waals surface area (Å²) in [5.41, 5.74) is 6.93. The molecule has 2 N–H and O–H groups in total. The van der Waals surface area contributed by atoms with Crippen LogP contribution in [0.5, 0.6) is 0 Å². The van der Waals surface area contributed by atoms with Crippen molar-refractivity contribution >= 4 is 5.82 Å². The lowest BCUT2D eigenvalue weighted by atomic mass is 10.0. The Balaban J connectivity index is 2.30. The molecule has 0 aromatic carbocycles. The second-order valence-corrected chi connectivity index (χ2v) is 5.46. The molecule has 1 unspecified atom stereocenters. The van der Waals surface area contributed by atoms with Crippen LogP contribution in [0, 0.1) is 6.92 Å². The molecule has 1 saturated heterocycles. The van der Waals surface area contributed by atoms with Crippen LogP contribution in [0.25, 0.3) is 0 Å². The minimum absolute atomic E-state index is 0.366. The lowest BCUT2D eigenvalue weighted by Gasteiger charge is -2.36. The van der Waals surface area contributed by atoms with Crippen LogP contribution in [0.3, 0.4) is 0 Å². The number of nitrogens with zero attached hydrogens (tertiary/aromatic N) is 3. The number of rotatable bonds is 3. The predicted molar refractivity (Wildman–Crippen MR) is 74.9 cm³/mol. The zero-order valence-corrected chi connectivity index (χ0v) is 11.7. The Kier molecular flexibility index (Phi) is 4.17. The van der Waals surface area contributed by atoms with E-state index in [9.17, 15) is 0 Å². The Bertz CT molecular complexity index is 403. The van der Waals surface area contributed by atoms with E-state index in [0.717, 1.165) is 23.9 Å². The SMILES string of the molecule is Cc1cc(N2CCCCC2CN)nc(C(C)C)n1. The number of anilines is 1. The number of nitrogens with two attached hydrogens (primary N) is 1. The molecule has 1 aliphatic rings. The van der Waals surface area contributed by atoms with Gasteiger partial charge in [-0.05, 0) is 26.2 Å². The highest BCUT2D eigenvalue weighted by Gasteiger charge is 2.23. The van der Waals surface area contributed by atoms with Crippen molar-refractivity contribution in [2.75, 3.05) is 18.0 Å². The van der Waals surface area contributed by atoms with Crippen molar-refractivity contribution in [3.05, 3.63) is 17.6 Å². The molecule has 1 aromatic rings. The average molecular weight is 248 g/mol. The summed E-state index contributed by atoms with van der Waals surface area (Å²) in [5, 5.41) is 0. The van der Waals surface area contributed by atoms with Crippen LogP contribution in [-0.2, 0) is 0 Å². The fraction of sp³-hybridized carbons (Fsp3) is 0.714. The summed E-state index contributed by atoms with van der Waals surface area (Å²) in [7, 11) is 0. The van der Waals surface area contributed by atoms with Gasteiger partial charge in [-0.3, -0.25) is 0 Å². The molecule has 18 heavy (non-hydrogen) atoms. The standard InChI is InChI=1S/C14H24N4/c1-10(2)14-16-11(3)8-13(17-14)18-7-5-4-6-12(18)9-15/h8,10,12H,4-7,9,15H2,1-3H3. The van der Waals surface area contributed by atoms with Gasteiger partial charge in [0.1, 0.15) is 11.6 Å². The normalized spacial score (nSPS) is 20.5. The molecule has 1 atom stereocenters. The maximum absolute atomic E-state index is 5.88. The van der Waals surface area contributed by atoms with Crippen LogP contribution in [0.4, 0.5) is 5.82 Å². The van der Waals surface area contributed by atoms with E-state index in [4.69, 9.17) is 10.7 Å². The van der Waals surface area contributed by atoms with Gasteiger partial charge in [0.15, 0.2) is 0 Å². The molecule has 1 aliphatic heterocycles. The van der Waals surface area contributed by atoms with Gasteiger partial charge in [0.2, 0.25) is 0 Å². The Hall–Kier alpha value is -1.16. The topological polar surface area (TPSA) is 55.0 Å². The Labute approximate surface area is 110 Å². The molecule has 0 spiro atoms. The largest absolute Gasteiger partial charge is 0.352 e. The molecule has 0 radical (unpaired) electrons. The van der Waals surface area contributed by atoms with Crippen LogP contribution in [0.1, 0.15) is 50.5 Å². The average Bonchev–Trinajstić information content (AvgIpc) is 2.38. The number of aryl methyl sites for hydroxylation is 1. The number of hydrogen-bond acceptors (Lipinski definition) is 4.